The van der Waals surface area contributed by atoms with E-state index in [1.165, 1.54) is 5.01 Å². The molecule has 10 heteroatoms. The minimum Gasteiger partial charge on any atom is -0.508 e. The molecular formula is C33H34ClN5O4. The molecule has 9 nitrogen and oxygen atoms in total. The van der Waals surface area contributed by atoms with Crippen molar-refractivity contribution in [2.75, 3.05) is 19.6 Å². The minimum atomic E-state index is -0.815. The van der Waals surface area contributed by atoms with E-state index in [4.69, 9.17) is 11.6 Å². The SMILES string of the molecule is C=CCN(C(=O)NCc1ccccc1)N1CC(=O)N2[C@@H](Cc3ccc(O)cc3)C(=O)N(Cc3ccc(C=C)cc3Cl)C[C@@H]21. The van der Waals surface area contributed by atoms with E-state index in [0.29, 0.717) is 11.6 Å². The van der Waals surface area contributed by atoms with Crippen LogP contribution >= 0.6 is 11.6 Å². The number of amides is 4. The number of hydrogen-bond donors (Lipinski definition) is 2. The van der Waals surface area contributed by atoms with Gasteiger partial charge in [-0.25, -0.2) is 4.79 Å². The van der Waals surface area contributed by atoms with Crippen LogP contribution in [0.2, 0.25) is 5.02 Å². The van der Waals surface area contributed by atoms with Crippen LogP contribution in [0.15, 0.2) is 92.0 Å². The number of phenolic OH excluding ortho intramolecular Hbond substituents is 1. The first-order valence-corrected chi connectivity index (χ1v) is 14.4. The van der Waals surface area contributed by atoms with E-state index in [9.17, 15) is 19.5 Å². The van der Waals surface area contributed by atoms with Gasteiger partial charge < -0.3 is 20.2 Å². The molecule has 0 aromatic heterocycles. The average Bonchev–Trinajstić information content (AvgIpc) is 3.34. The van der Waals surface area contributed by atoms with Crippen LogP contribution in [0.1, 0.15) is 22.3 Å². The van der Waals surface area contributed by atoms with Gasteiger partial charge in [0.05, 0.1) is 19.6 Å². The minimum absolute atomic E-state index is 0.0702. The molecule has 5 rings (SSSR count). The maximum atomic E-state index is 14.0. The molecule has 3 aromatic rings. The van der Waals surface area contributed by atoms with E-state index < -0.39 is 12.2 Å². The number of aromatic hydroxyl groups is 1. The first-order valence-electron chi connectivity index (χ1n) is 14.0. The lowest BCUT2D eigenvalue weighted by atomic mass is 9.99. The van der Waals surface area contributed by atoms with Gasteiger partial charge in [-0.05, 0) is 40.5 Å². The van der Waals surface area contributed by atoms with E-state index in [1.807, 2.05) is 42.5 Å². The molecule has 2 aliphatic heterocycles. The summed E-state index contributed by atoms with van der Waals surface area (Å²) in [5.41, 5.74) is 3.36. The van der Waals surface area contributed by atoms with Gasteiger partial charge in [-0.1, -0.05) is 84.9 Å². The molecule has 222 valence electrons. The topological polar surface area (TPSA) is 96.4 Å². The Bertz CT molecular complexity index is 1510. The molecule has 0 aliphatic carbocycles. The van der Waals surface area contributed by atoms with Crippen LogP contribution in [0.3, 0.4) is 0 Å². The summed E-state index contributed by atoms with van der Waals surface area (Å²) >= 11 is 6.58. The third-order valence-corrected chi connectivity index (χ3v) is 8.09. The summed E-state index contributed by atoms with van der Waals surface area (Å²) in [6.07, 6.45) is 2.96. The molecule has 43 heavy (non-hydrogen) atoms. The second-order valence-electron chi connectivity index (χ2n) is 10.6. The van der Waals surface area contributed by atoms with Gasteiger partial charge >= 0.3 is 6.03 Å². The lowest BCUT2D eigenvalue weighted by molar-refractivity contribution is -0.157. The molecule has 3 aromatic carbocycles. The highest BCUT2D eigenvalue weighted by molar-refractivity contribution is 6.31. The second-order valence-corrected chi connectivity index (χ2v) is 11.0. The van der Waals surface area contributed by atoms with E-state index in [1.54, 1.807) is 57.3 Å². The number of urea groups is 1. The third-order valence-electron chi connectivity index (χ3n) is 7.74. The molecule has 4 amide bonds. The van der Waals surface area contributed by atoms with E-state index >= 15 is 0 Å². The predicted octanol–water partition coefficient (Wildman–Crippen LogP) is 4.43. The Morgan fingerprint density at radius 2 is 1.79 bits per heavy atom. The van der Waals surface area contributed by atoms with Crippen molar-refractivity contribution in [3.05, 3.63) is 119 Å². The van der Waals surface area contributed by atoms with Crippen molar-refractivity contribution in [2.24, 2.45) is 0 Å². The van der Waals surface area contributed by atoms with E-state index in [0.717, 1.165) is 22.3 Å². The zero-order valence-corrected chi connectivity index (χ0v) is 24.5. The number of hydrogen-bond acceptors (Lipinski definition) is 5. The number of benzene rings is 3. The molecular weight excluding hydrogens is 566 g/mol. The van der Waals surface area contributed by atoms with Gasteiger partial charge in [0.25, 0.3) is 0 Å². The molecule has 0 unspecified atom stereocenters. The largest absolute Gasteiger partial charge is 0.508 e. The Labute approximate surface area is 256 Å². The van der Waals surface area contributed by atoms with Crippen molar-refractivity contribution < 1.29 is 19.5 Å². The molecule has 0 saturated carbocycles. The molecule has 2 saturated heterocycles. The Balaban J connectivity index is 1.45. The zero-order valence-electron chi connectivity index (χ0n) is 23.7. The predicted molar refractivity (Wildman–Crippen MR) is 165 cm³/mol. The van der Waals surface area contributed by atoms with Crippen molar-refractivity contribution >= 4 is 35.5 Å². The number of fused-ring (bicyclic) bond motifs is 1. The van der Waals surface area contributed by atoms with Crippen LogP contribution in [0.25, 0.3) is 6.08 Å². The van der Waals surface area contributed by atoms with Crippen molar-refractivity contribution in [1.82, 2.24) is 25.1 Å². The van der Waals surface area contributed by atoms with Crippen LogP contribution in [0.4, 0.5) is 4.79 Å². The quantitative estimate of drug-likeness (QED) is 0.336. The van der Waals surface area contributed by atoms with Gasteiger partial charge in [-0.2, -0.15) is 5.01 Å². The van der Waals surface area contributed by atoms with Crippen molar-refractivity contribution in [3.63, 3.8) is 0 Å². The summed E-state index contributed by atoms with van der Waals surface area (Å²) in [7, 11) is 0. The normalized spacial score (nSPS) is 18.3. The van der Waals surface area contributed by atoms with Crippen LogP contribution < -0.4 is 5.32 Å². The fraction of sp³-hybridized carbons (Fsp3) is 0.242. The monoisotopic (exact) mass is 599 g/mol. The fourth-order valence-corrected chi connectivity index (χ4v) is 5.81. The Morgan fingerprint density at radius 1 is 1.05 bits per heavy atom. The Kier molecular flexibility index (Phi) is 9.13. The smallest absolute Gasteiger partial charge is 0.332 e. The highest BCUT2D eigenvalue weighted by Crippen LogP contribution is 2.31. The molecule has 2 aliphatic rings. The Morgan fingerprint density at radius 3 is 2.47 bits per heavy atom. The number of rotatable bonds is 10. The van der Waals surface area contributed by atoms with Crippen LogP contribution in [0.5, 0.6) is 5.75 Å². The van der Waals surface area contributed by atoms with Crippen molar-refractivity contribution in [1.29, 1.82) is 0 Å². The number of nitrogens with zero attached hydrogens (tertiary/aromatic N) is 4. The van der Waals surface area contributed by atoms with Gasteiger partial charge in [-0.3, -0.25) is 14.6 Å². The number of carbonyl (C=O) groups excluding carboxylic acids is 3. The third kappa shape index (κ3) is 6.58. The van der Waals surface area contributed by atoms with E-state index in [-0.39, 0.29) is 56.2 Å². The summed E-state index contributed by atoms with van der Waals surface area (Å²) in [6.45, 7) is 8.44. The van der Waals surface area contributed by atoms with Crippen LogP contribution in [-0.4, -0.2) is 74.6 Å². The number of phenols is 1. The molecule has 0 spiro atoms. The molecule has 2 heterocycles. The first kappa shape index (κ1) is 29.9. The van der Waals surface area contributed by atoms with Crippen molar-refractivity contribution in [3.8, 4) is 5.75 Å². The fourth-order valence-electron chi connectivity index (χ4n) is 5.56. The Hall–Kier alpha value is -4.60. The average molecular weight is 600 g/mol. The molecule has 2 fully saturated rings. The highest BCUT2D eigenvalue weighted by Gasteiger charge is 2.52. The van der Waals surface area contributed by atoms with Gasteiger partial charge in [0.1, 0.15) is 18.0 Å². The lowest BCUT2D eigenvalue weighted by Crippen LogP contribution is -2.66. The first-order chi connectivity index (χ1) is 20.8. The van der Waals surface area contributed by atoms with Crippen LogP contribution in [-0.2, 0) is 29.1 Å². The second kappa shape index (κ2) is 13.1. The highest BCUT2D eigenvalue weighted by atomic mass is 35.5. The van der Waals surface area contributed by atoms with Gasteiger partial charge in [-0.15, -0.1) is 6.58 Å². The summed E-state index contributed by atoms with van der Waals surface area (Å²) in [4.78, 5) is 44.4. The maximum absolute atomic E-state index is 14.0. The summed E-state index contributed by atoms with van der Waals surface area (Å²) in [5.74, 6) is -0.354. The number of carbonyl (C=O) groups is 3. The van der Waals surface area contributed by atoms with Gasteiger partial charge in [0.2, 0.25) is 11.8 Å². The number of nitrogens with one attached hydrogen (secondary N) is 1. The van der Waals surface area contributed by atoms with Gasteiger partial charge in [0.15, 0.2) is 0 Å². The molecule has 0 radical (unpaired) electrons. The summed E-state index contributed by atoms with van der Waals surface area (Å²) in [5, 5.41) is 16.4. The summed E-state index contributed by atoms with van der Waals surface area (Å²) < 4.78 is 0. The van der Waals surface area contributed by atoms with Crippen molar-refractivity contribution in [2.45, 2.75) is 31.7 Å². The number of hydrazine groups is 1. The van der Waals surface area contributed by atoms with Gasteiger partial charge in [0, 0.05) is 24.5 Å². The molecule has 0 bridgehead atoms. The maximum Gasteiger partial charge on any atom is 0.332 e. The summed E-state index contributed by atoms with van der Waals surface area (Å²) in [6, 6.07) is 20.5. The van der Waals surface area contributed by atoms with Crippen LogP contribution in [0, 0.1) is 0 Å². The van der Waals surface area contributed by atoms with E-state index in [2.05, 4.69) is 18.5 Å². The molecule has 2 N–H and O–H groups in total. The standard InChI is InChI=1S/C33H34ClN5O4/c1-3-16-37(33(43)35-19-25-8-6-5-7-9-25)38-22-31(41)39-29(18-24-11-14-27(40)15-12-24)32(42)36(21-30(38)39)20-26-13-10-23(4-2)17-28(26)34/h3-15,17,29-30,40H,1-2,16,18-22H2,(H,35,43)/t29-,30+/m0/s1. The zero-order chi connectivity index (χ0) is 30.5. The lowest BCUT2D eigenvalue weighted by Gasteiger charge is -2.46. The number of halogens is 1. The number of piperazine rings is 1. The molecule has 2 atom stereocenters.